The van der Waals surface area contributed by atoms with Crippen LogP contribution in [0.15, 0.2) is 28.9 Å². The molecule has 1 aromatic carbocycles. The molecule has 1 heterocycles. The van der Waals surface area contributed by atoms with E-state index in [9.17, 15) is 0 Å². The van der Waals surface area contributed by atoms with E-state index in [1.165, 1.54) is 5.56 Å². The van der Waals surface area contributed by atoms with Crippen LogP contribution in [0.4, 0.5) is 0 Å². The summed E-state index contributed by atoms with van der Waals surface area (Å²) in [7, 11) is 3.63. The summed E-state index contributed by atoms with van der Waals surface area (Å²) < 4.78 is 8.08. The van der Waals surface area contributed by atoms with Crippen molar-refractivity contribution in [1.29, 1.82) is 0 Å². The Bertz CT molecular complexity index is 615. The molecule has 0 bridgehead atoms. The van der Waals surface area contributed by atoms with E-state index in [0.717, 1.165) is 20.8 Å². The van der Waals surface area contributed by atoms with Crippen LogP contribution in [0, 0.1) is 6.92 Å². The van der Waals surface area contributed by atoms with Gasteiger partial charge in [0.15, 0.2) is 0 Å². The third kappa shape index (κ3) is 3.66. The third-order valence-corrected chi connectivity index (χ3v) is 4.30. The van der Waals surface area contributed by atoms with Gasteiger partial charge < -0.3 is 10.1 Å². The number of nitrogens with zero attached hydrogens (tertiary/aromatic N) is 2. The number of nitrogens with one attached hydrogen (secondary N) is 1. The van der Waals surface area contributed by atoms with Gasteiger partial charge in [0.2, 0.25) is 0 Å². The second kappa shape index (κ2) is 7.40. The molecule has 0 amide bonds. The van der Waals surface area contributed by atoms with E-state index in [1.807, 2.05) is 36.1 Å². The van der Waals surface area contributed by atoms with Crippen LogP contribution in [-0.2, 0) is 11.3 Å². The van der Waals surface area contributed by atoms with Crippen LogP contribution in [0.1, 0.15) is 22.9 Å². The monoisotopic (exact) mass is 371 g/mol. The Hall–Kier alpha value is -0.880. The lowest BCUT2D eigenvalue weighted by Gasteiger charge is -2.21. The van der Waals surface area contributed by atoms with Crippen LogP contribution in [0.3, 0.4) is 0 Å². The number of aryl methyl sites for hydroxylation is 1. The van der Waals surface area contributed by atoms with Crippen LogP contribution in [-0.4, -0.2) is 30.5 Å². The van der Waals surface area contributed by atoms with Crippen LogP contribution < -0.4 is 5.32 Å². The van der Waals surface area contributed by atoms with Gasteiger partial charge in [0.05, 0.1) is 35.6 Å². The average Bonchev–Trinajstić information content (AvgIpc) is 2.83. The summed E-state index contributed by atoms with van der Waals surface area (Å²) in [5.74, 6) is 0. The highest BCUT2D eigenvalue weighted by molar-refractivity contribution is 9.10. The zero-order chi connectivity index (χ0) is 15.4. The summed E-state index contributed by atoms with van der Waals surface area (Å²) in [6.07, 6.45) is 1.81. The molecule has 4 nitrogen and oxygen atoms in total. The van der Waals surface area contributed by atoms with Gasteiger partial charge in [0.1, 0.15) is 0 Å². The van der Waals surface area contributed by atoms with E-state index < -0.39 is 0 Å². The maximum absolute atomic E-state index is 6.16. The van der Waals surface area contributed by atoms with E-state index in [0.29, 0.717) is 13.2 Å². The van der Waals surface area contributed by atoms with Gasteiger partial charge in [-0.2, -0.15) is 5.10 Å². The van der Waals surface area contributed by atoms with Crippen molar-refractivity contribution < 1.29 is 4.74 Å². The number of methoxy groups -OCH3 is 1. The van der Waals surface area contributed by atoms with E-state index >= 15 is 0 Å². The SMILES string of the molecule is CNC(c1cc(Cl)ccc1C)c1c(Br)cnn1CCOC. The molecule has 0 aliphatic heterocycles. The number of hydrogen-bond acceptors (Lipinski definition) is 3. The van der Waals surface area contributed by atoms with Crippen molar-refractivity contribution in [3.05, 3.63) is 50.7 Å². The zero-order valence-corrected chi connectivity index (χ0v) is 14.7. The zero-order valence-electron chi connectivity index (χ0n) is 12.4. The van der Waals surface area contributed by atoms with Gasteiger partial charge in [-0.1, -0.05) is 17.7 Å². The van der Waals surface area contributed by atoms with Crippen LogP contribution in [0.25, 0.3) is 0 Å². The van der Waals surface area contributed by atoms with Gasteiger partial charge in [0.25, 0.3) is 0 Å². The van der Waals surface area contributed by atoms with E-state index in [4.69, 9.17) is 16.3 Å². The molecule has 1 unspecified atom stereocenters. The first kappa shape index (κ1) is 16.5. The fraction of sp³-hybridized carbons (Fsp3) is 0.400. The highest BCUT2D eigenvalue weighted by atomic mass is 79.9. The molecule has 1 atom stereocenters. The van der Waals surface area contributed by atoms with Gasteiger partial charge in [-0.15, -0.1) is 0 Å². The summed E-state index contributed by atoms with van der Waals surface area (Å²) >= 11 is 9.75. The number of aromatic nitrogens is 2. The largest absolute Gasteiger partial charge is 0.383 e. The minimum atomic E-state index is 0.0115. The number of benzene rings is 1. The molecular formula is C15H19BrClN3O. The molecule has 0 aliphatic carbocycles. The molecule has 1 N–H and O–H groups in total. The number of hydrogen-bond donors (Lipinski definition) is 1. The normalized spacial score (nSPS) is 12.6. The Labute approximate surface area is 138 Å². The smallest absolute Gasteiger partial charge is 0.0760 e. The molecule has 1 aromatic heterocycles. The Morgan fingerprint density at radius 2 is 2.24 bits per heavy atom. The molecule has 0 radical (unpaired) electrons. The van der Waals surface area contributed by atoms with Crippen LogP contribution in [0.2, 0.25) is 5.02 Å². The molecule has 0 spiro atoms. The summed E-state index contributed by atoms with van der Waals surface area (Å²) in [4.78, 5) is 0. The summed E-state index contributed by atoms with van der Waals surface area (Å²) in [6, 6.07) is 5.95. The predicted octanol–water partition coefficient (Wildman–Crippen LogP) is 3.56. The van der Waals surface area contributed by atoms with E-state index in [-0.39, 0.29) is 6.04 Å². The van der Waals surface area contributed by atoms with E-state index in [1.54, 1.807) is 7.11 Å². The second-order valence-corrected chi connectivity index (χ2v) is 6.11. The van der Waals surface area contributed by atoms with Gasteiger partial charge in [-0.25, -0.2) is 0 Å². The molecule has 0 fully saturated rings. The van der Waals surface area contributed by atoms with Crippen molar-refractivity contribution >= 4 is 27.5 Å². The van der Waals surface area contributed by atoms with Crippen LogP contribution >= 0.6 is 27.5 Å². The first-order valence-electron chi connectivity index (χ1n) is 6.72. The van der Waals surface area contributed by atoms with Gasteiger partial charge >= 0.3 is 0 Å². The molecule has 0 aliphatic rings. The van der Waals surface area contributed by atoms with Crippen molar-refractivity contribution in [2.45, 2.75) is 19.5 Å². The van der Waals surface area contributed by atoms with Gasteiger partial charge in [-0.05, 0) is 53.2 Å². The highest BCUT2D eigenvalue weighted by Gasteiger charge is 2.22. The van der Waals surface area contributed by atoms with Crippen molar-refractivity contribution in [3.8, 4) is 0 Å². The molecule has 0 saturated heterocycles. The first-order valence-corrected chi connectivity index (χ1v) is 7.89. The fourth-order valence-corrected chi connectivity index (χ4v) is 3.08. The Morgan fingerprint density at radius 1 is 1.48 bits per heavy atom. The molecule has 0 saturated carbocycles. The van der Waals surface area contributed by atoms with Gasteiger partial charge in [-0.3, -0.25) is 4.68 Å². The minimum absolute atomic E-state index is 0.0115. The quantitative estimate of drug-likeness (QED) is 0.842. The maximum Gasteiger partial charge on any atom is 0.0760 e. The van der Waals surface area contributed by atoms with Crippen molar-refractivity contribution in [3.63, 3.8) is 0 Å². The third-order valence-electron chi connectivity index (χ3n) is 3.45. The van der Waals surface area contributed by atoms with Crippen molar-refractivity contribution in [2.75, 3.05) is 20.8 Å². The average molecular weight is 373 g/mol. The summed E-state index contributed by atoms with van der Waals surface area (Å²) in [6.45, 7) is 3.40. The maximum atomic E-state index is 6.16. The molecule has 2 aromatic rings. The Kier molecular flexibility index (Phi) is 5.81. The lowest BCUT2D eigenvalue weighted by atomic mass is 9.99. The second-order valence-electron chi connectivity index (χ2n) is 4.82. The molecule has 2 rings (SSSR count). The summed E-state index contributed by atoms with van der Waals surface area (Å²) in [5.41, 5.74) is 3.40. The predicted molar refractivity (Wildman–Crippen MR) is 88.9 cm³/mol. The number of ether oxygens (including phenoxy) is 1. The van der Waals surface area contributed by atoms with E-state index in [2.05, 4.69) is 33.3 Å². The van der Waals surface area contributed by atoms with Crippen molar-refractivity contribution in [2.24, 2.45) is 0 Å². The van der Waals surface area contributed by atoms with Crippen molar-refractivity contribution in [1.82, 2.24) is 15.1 Å². The van der Waals surface area contributed by atoms with Gasteiger partial charge in [0, 0.05) is 12.1 Å². The molecular weight excluding hydrogens is 354 g/mol. The molecule has 114 valence electrons. The summed E-state index contributed by atoms with van der Waals surface area (Å²) in [5, 5.41) is 8.50. The Balaban J connectivity index is 2.46. The first-order chi connectivity index (χ1) is 10.1. The lowest BCUT2D eigenvalue weighted by Crippen LogP contribution is -2.23. The topological polar surface area (TPSA) is 39.1 Å². The highest BCUT2D eigenvalue weighted by Crippen LogP contribution is 2.31. The number of halogens is 2. The Morgan fingerprint density at radius 3 is 2.90 bits per heavy atom. The fourth-order valence-electron chi connectivity index (χ4n) is 2.38. The lowest BCUT2D eigenvalue weighted by molar-refractivity contribution is 0.182. The molecule has 6 heteroatoms. The molecule has 21 heavy (non-hydrogen) atoms. The van der Waals surface area contributed by atoms with Crippen LogP contribution in [0.5, 0.6) is 0 Å². The standard InChI is InChI=1S/C15H19BrClN3O/c1-10-4-5-11(17)8-12(10)14(18-2)15-13(16)9-19-20(15)6-7-21-3/h4-5,8-9,14,18H,6-7H2,1-3H3. The minimum Gasteiger partial charge on any atom is -0.383 e. The number of rotatable bonds is 6.